The predicted octanol–water partition coefficient (Wildman–Crippen LogP) is 3.04. The number of H-pyrrole nitrogens is 1. The van der Waals surface area contributed by atoms with Crippen LogP contribution in [0.25, 0.3) is 21.9 Å². The molecule has 0 aliphatic carbocycles. The van der Waals surface area contributed by atoms with Crippen molar-refractivity contribution in [3.8, 4) is 17.0 Å². The molecule has 1 radical (unpaired) electrons. The normalized spacial score (nSPS) is 10.6. The van der Waals surface area contributed by atoms with Crippen LogP contribution in [0.5, 0.6) is 5.88 Å². The molecular weight excluding hydrogens is 212 g/mol. The van der Waals surface area contributed by atoms with Crippen molar-refractivity contribution in [3.63, 3.8) is 0 Å². The van der Waals surface area contributed by atoms with Crippen LogP contribution >= 0.6 is 0 Å². The Hall–Kier alpha value is -2.29. The average molecular weight is 223 g/mol. The lowest BCUT2D eigenvalue weighted by atomic mass is 10.0. The molecule has 3 aromatic rings. The minimum atomic E-state index is 0.640. The van der Waals surface area contributed by atoms with E-state index < -0.39 is 0 Å². The number of benzene rings is 2. The van der Waals surface area contributed by atoms with Crippen molar-refractivity contribution in [1.82, 2.24) is 10.2 Å². The van der Waals surface area contributed by atoms with Crippen LogP contribution in [0, 0.1) is 6.20 Å². The van der Waals surface area contributed by atoms with E-state index in [4.69, 9.17) is 4.74 Å². The van der Waals surface area contributed by atoms with E-state index in [0.29, 0.717) is 5.88 Å². The van der Waals surface area contributed by atoms with E-state index in [1.54, 1.807) is 7.11 Å². The van der Waals surface area contributed by atoms with Gasteiger partial charge in [0.05, 0.1) is 12.7 Å². The Labute approximate surface area is 99.0 Å². The van der Waals surface area contributed by atoms with E-state index in [1.165, 1.54) is 10.8 Å². The van der Waals surface area contributed by atoms with Crippen LogP contribution in [-0.4, -0.2) is 17.3 Å². The van der Waals surface area contributed by atoms with Crippen molar-refractivity contribution in [2.24, 2.45) is 0 Å². The Bertz CT molecular complexity index is 653. The van der Waals surface area contributed by atoms with Gasteiger partial charge in [-0.1, -0.05) is 42.5 Å². The lowest BCUT2D eigenvalue weighted by Crippen LogP contribution is -1.86. The SMILES string of the molecule is COc1[nH]n[c]c1-c1cccc2ccccc12. The molecule has 0 unspecified atom stereocenters. The molecule has 3 nitrogen and oxygen atoms in total. The number of hydrogen-bond acceptors (Lipinski definition) is 2. The lowest BCUT2D eigenvalue weighted by molar-refractivity contribution is 0.398. The maximum atomic E-state index is 5.24. The average Bonchev–Trinajstić information content (AvgIpc) is 2.86. The maximum absolute atomic E-state index is 5.24. The number of fused-ring (bicyclic) bond motifs is 1. The van der Waals surface area contributed by atoms with Gasteiger partial charge in [-0.15, -0.1) is 0 Å². The van der Waals surface area contributed by atoms with Crippen molar-refractivity contribution in [2.45, 2.75) is 0 Å². The van der Waals surface area contributed by atoms with Gasteiger partial charge in [-0.05, 0) is 16.3 Å². The molecule has 0 amide bonds. The molecule has 3 rings (SSSR count). The number of nitrogens with one attached hydrogen (secondary N) is 1. The summed E-state index contributed by atoms with van der Waals surface area (Å²) in [6, 6.07) is 14.4. The Morgan fingerprint density at radius 1 is 1.12 bits per heavy atom. The first-order valence-electron chi connectivity index (χ1n) is 5.38. The van der Waals surface area contributed by atoms with Crippen molar-refractivity contribution in [2.75, 3.05) is 7.11 Å². The molecule has 17 heavy (non-hydrogen) atoms. The molecule has 0 aliphatic heterocycles. The van der Waals surface area contributed by atoms with Gasteiger partial charge < -0.3 is 4.74 Å². The highest BCUT2D eigenvalue weighted by Crippen LogP contribution is 2.32. The standard InChI is InChI=1S/C14H11N2O/c1-17-14-13(9-15-16-14)12-8-4-6-10-5-2-3-7-11(10)12/h2-8H,1H3,(H,15,16). The molecule has 3 heteroatoms. The lowest BCUT2D eigenvalue weighted by Gasteiger charge is -2.05. The summed E-state index contributed by atoms with van der Waals surface area (Å²) in [5, 5.41) is 9.06. The van der Waals surface area contributed by atoms with Gasteiger partial charge in [-0.3, -0.25) is 0 Å². The van der Waals surface area contributed by atoms with Gasteiger partial charge in [0, 0.05) is 0 Å². The fourth-order valence-electron chi connectivity index (χ4n) is 2.01. The van der Waals surface area contributed by atoms with E-state index in [9.17, 15) is 0 Å². The summed E-state index contributed by atoms with van der Waals surface area (Å²) in [5.41, 5.74) is 1.94. The summed E-state index contributed by atoms with van der Waals surface area (Å²) in [4.78, 5) is 0. The molecule has 0 fully saturated rings. The van der Waals surface area contributed by atoms with Gasteiger partial charge in [0.25, 0.3) is 0 Å². The zero-order valence-electron chi connectivity index (χ0n) is 9.40. The van der Waals surface area contributed by atoms with Crippen LogP contribution in [0.15, 0.2) is 42.5 Å². The molecule has 1 aromatic heterocycles. The summed E-state index contributed by atoms with van der Waals surface area (Å²) in [6.45, 7) is 0. The van der Waals surface area contributed by atoms with Gasteiger partial charge >= 0.3 is 0 Å². The highest BCUT2D eigenvalue weighted by molar-refractivity contribution is 5.97. The monoisotopic (exact) mass is 223 g/mol. The second-order valence-electron chi connectivity index (χ2n) is 3.77. The molecule has 1 heterocycles. The molecule has 0 aliphatic rings. The van der Waals surface area contributed by atoms with Crippen LogP contribution in [0.1, 0.15) is 0 Å². The first-order chi connectivity index (χ1) is 8.40. The van der Waals surface area contributed by atoms with Crippen LogP contribution in [0.4, 0.5) is 0 Å². The third-order valence-corrected chi connectivity index (χ3v) is 2.82. The zero-order valence-corrected chi connectivity index (χ0v) is 9.40. The van der Waals surface area contributed by atoms with E-state index in [0.717, 1.165) is 11.1 Å². The van der Waals surface area contributed by atoms with Crippen molar-refractivity contribution < 1.29 is 4.74 Å². The second-order valence-corrected chi connectivity index (χ2v) is 3.77. The number of ether oxygens (including phenoxy) is 1. The predicted molar refractivity (Wildman–Crippen MR) is 66.9 cm³/mol. The summed E-state index contributed by atoms with van der Waals surface area (Å²) in [5.74, 6) is 0.640. The highest BCUT2D eigenvalue weighted by Gasteiger charge is 2.11. The molecule has 0 spiro atoms. The number of nitrogens with zero attached hydrogens (tertiary/aromatic N) is 1. The Kier molecular flexibility index (Phi) is 2.29. The zero-order chi connectivity index (χ0) is 11.7. The largest absolute Gasteiger partial charge is 0.481 e. The topological polar surface area (TPSA) is 37.9 Å². The summed E-state index contributed by atoms with van der Waals surface area (Å²) in [7, 11) is 1.62. The molecule has 1 N–H and O–H groups in total. The minimum absolute atomic E-state index is 0.640. The van der Waals surface area contributed by atoms with E-state index in [1.807, 2.05) is 24.3 Å². The third kappa shape index (κ3) is 1.56. The van der Waals surface area contributed by atoms with Crippen LogP contribution in [-0.2, 0) is 0 Å². The first kappa shape index (κ1) is 9.90. The fraction of sp³-hybridized carbons (Fsp3) is 0.0714. The third-order valence-electron chi connectivity index (χ3n) is 2.82. The number of aromatic nitrogens is 2. The fourth-order valence-corrected chi connectivity index (χ4v) is 2.01. The minimum Gasteiger partial charge on any atom is -0.481 e. The first-order valence-corrected chi connectivity index (χ1v) is 5.38. The molecule has 83 valence electrons. The van der Waals surface area contributed by atoms with Crippen molar-refractivity contribution >= 4 is 10.8 Å². The molecular formula is C14H11N2O. The van der Waals surface area contributed by atoms with Gasteiger partial charge in [0.2, 0.25) is 5.88 Å². The highest BCUT2D eigenvalue weighted by atomic mass is 16.5. The van der Waals surface area contributed by atoms with E-state index in [-0.39, 0.29) is 0 Å². The van der Waals surface area contributed by atoms with E-state index >= 15 is 0 Å². The number of rotatable bonds is 2. The van der Waals surface area contributed by atoms with Gasteiger partial charge in [0.15, 0.2) is 0 Å². The maximum Gasteiger partial charge on any atom is 0.217 e. The molecule has 0 atom stereocenters. The molecule has 0 saturated heterocycles. The quantitative estimate of drug-likeness (QED) is 0.725. The molecule has 0 saturated carbocycles. The van der Waals surface area contributed by atoms with E-state index in [2.05, 4.69) is 34.6 Å². The van der Waals surface area contributed by atoms with Crippen LogP contribution in [0.2, 0.25) is 0 Å². The summed E-state index contributed by atoms with van der Waals surface area (Å²) in [6.07, 6.45) is 2.93. The summed E-state index contributed by atoms with van der Waals surface area (Å²) < 4.78 is 5.24. The number of hydrogen-bond donors (Lipinski definition) is 1. The number of methoxy groups -OCH3 is 1. The smallest absolute Gasteiger partial charge is 0.217 e. The van der Waals surface area contributed by atoms with Crippen molar-refractivity contribution in [1.29, 1.82) is 0 Å². The van der Waals surface area contributed by atoms with Crippen molar-refractivity contribution in [3.05, 3.63) is 48.7 Å². The number of aromatic amines is 1. The van der Waals surface area contributed by atoms with Crippen LogP contribution in [0.3, 0.4) is 0 Å². The molecule has 2 aromatic carbocycles. The molecule has 0 bridgehead atoms. The Balaban J connectivity index is 2.31. The Morgan fingerprint density at radius 3 is 2.82 bits per heavy atom. The second kappa shape index (κ2) is 3.94. The summed E-state index contributed by atoms with van der Waals surface area (Å²) >= 11 is 0. The van der Waals surface area contributed by atoms with Crippen LogP contribution < -0.4 is 4.74 Å². The van der Waals surface area contributed by atoms with Gasteiger partial charge in [-0.2, -0.15) is 5.10 Å². The van der Waals surface area contributed by atoms with Gasteiger partial charge in [0.1, 0.15) is 6.20 Å². The Morgan fingerprint density at radius 2 is 1.94 bits per heavy atom. The van der Waals surface area contributed by atoms with Gasteiger partial charge in [-0.25, -0.2) is 5.10 Å².